The van der Waals surface area contributed by atoms with Crippen molar-refractivity contribution < 1.29 is 19.4 Å². The molecule has 1 aliphatic carbocycles. The van der Waals surface area contributed by atoms with Gasteiger partial charge in [-0.25, -0.2) is 0 Å². The van der Waals surface area contributed by atoms with Crippen LogP contribution >= 0.6 is 0 Å². The normalized spacial score (nSPS) is 20.0. The van der Waals surface area contributed by atoms with E-state index in [4.69, 9.17) is 4.74 Å². The molecule has 1 atom stereocenters. The molecule has 0 bridgehead atoms. The summed E-state index contributed by atoms with van der Waals surface area (Å²) in [7, 11) is 1.28. The Hall–Kier alpha value is -1.06. The second-order valence-electron chi connectivity index (χ2n) is 6.81. The fourth-order valence-electron chi connectivity index (χ4n) is 3.01. The summed E-state index contributed by atoms with van der Waals surface area (Å²) in [4.78, 5) is 24.0. The number of hydrogen-bond acceptors (Lipinski definition) is 3. The SMILES string of the molecule is COC(=O)C(CCC(C)(C)C)(C(=O)O)C1CCCC1. The lowest BCUT2D eigenvalue weighted by molar-refractivity contribution is -0.173. The van der Waals surface area contributed by atoms with E-state index in [0.29, 0.717) is 12.8 Å². The number of ether oxygens (including phenoxy) is 1. The van der Waals surface area contributed by atoms with Crippen LogP contribution in [0.1, 0.15) is 59.3 Å². The monoisotopic (exact) mass is 270 g/mol. The zero-order valence-corrected chi connectivity index (χ0v) is 12.5. The molecule has 1 rings (SSSR count). The van der Waals surface area contributed by atoms with Crippen molar-refractivity contribution in [3.05, 3.63) is 0 Å². The molecule has 1 N–H and O–H groups in total. The second kappa shape index (κ2) is 5.93. The van der Waals surface area contributed by atoms with Gasteiger partial charge in [-0.05, 0) is 37.0 Å². The van der Waals surface area contributed by atoms with E-state index < -0.39 is 17.4 Å². The average molecular weight is 270 g/mol. The fourth-order valence-corrected chi connectivity index (χ4v) is 3.01. The maximum absolute atomic E-state index is 12.2. The molecule has 0 heterocycles. The van der Waals surface area contributed by atoms with Gasteiger partial charge in [0, 0.05) is 0 Å². The van der Waals surface area contributed by atoms with Gasteiger partial charge in [0.15, 0.2) is 5.41 Å². The number of rotatable bonds is 5. The Kier molecular flexibility index (Phi) is 4.99. The lowest BCUT2D eigenvalue weighted by Crippen LogP contribution is -2.46. The van der Waals surface area contributed by atoms with E-state index in [0.717, 1.165) is 25.7 Å². The molecule has 1 unspecified atom stereocenters. The van der Waals surface area contributed by atoms with Crippen LogP contribution in [0.5, 0.6) is 0 Å². The zero-order valence-electron chi connectivity index (χ0n) is 12.5. The zero-order chi connectivity index (χ0) is 14.7. The van der Waals surface area contributed by atoms with Crippen molar-refractivity contribution in [1.82, 2.24) is 0 Å². The highest BCUT2D eigenvalue weighted by Gasteiger charge is 2.54. The number of carboxylic acid groups (broad SMARTS) is 1. The third kappa shape index (κ3) is 3.48. The maximum Gasteiger partial charge on any atom is 0.323 e. The number of methoxy groups -OCH3 is 1. The number of esters is 1. The molecule has 0 spiro atoms. The van der Waals surface area contributed by atoms with Gasteiger partial charge in [-0.1, -0.05) is 33.6 Å². The van der Waals surface area contributed by atoms with Crippen molar-refractivity contribution in [3.63, 3.8) is 0 Å². The number of hydrogen-bond donors (Lipinski definition) is 1. The van der Waals surface area contributed by atoms with Crippen LogP contribution < -0.4 is 0 Å². The highest BCUT2D eigenvalue weighted by Crippen LogP contribution is 2.46. The molecule has 1 aliphatic rings. The Bertz CT molecular complexity index is 337. The van der Waals surface area contributed by atoms with Gasteiger partial charge in [-0.2, -0.15) is 0 Å². The van der Waals surface area contributed by atoms with Crippen LogP contribution in [0.4, 0.5) is 0 Å². The third-order valence-corrected chi connectivity index (χ3v) is 4.25. The summed E-state index contributed by atoms with van der Waals surface area (Å²) in [6.45, 7) is 6.18. The van der Waals surface area contributed by atoms with E-state index in [-0.39, 0.29) is 11.3 Å². The van der Waals surface area contributed by atoms with Gasteiger partial charge < -0.3 is 9.84 Å². The topological polar surface area (TPSA) is 63.6 Å². The minimum atomic E-state index is -1.35. The molecule has 4 heteroatoms. The molecule has 19 heavy (non-hydrogen) atoms. The van der Waals surface area contributed by atoms with Crippen molar-refractivity contribution in [2.45, 2.75) is 59.3 Å². The standard InChI is InChI=1S/C15H26O4/c1-14(2,3)9-10-15(12(16)17,13(18)19-4)11-7-5-6-8-11/h11H,5-10H2,1-4H3,(H,16,17). The van der Waals surface area contributed by atoms with E-state index in [1.54, 1.807) is 0 Å². The first-order valence-electron chi connectivity index (χ1n) is 7.06. The van der Waals surface area contributed by atoms with Crippen LogP contribution in [0.25, 0.3) is 0 Å². The smallest absolute Gasteiger partial charge is 0.323 e. The highest BCUT2D eigenvalue weighted by molar-refractivity contribution is 5.99. The molecule has 0 aliphatic heterocycles. The molecule has 1 saturated carbocycles. The van der Waals surface area contributed by atoms with E-state index in [1.807, 2.05) is 0 Å². The van der Waals surface area contributed by atoms with Crippen LogP contribution in [0, 0.1) is 16.7 Å². The molecule has 0 aromatic heterocycles. The lowest BCUT2D eigenvalue weighted by atomic mass is 9.68. The van der Waals surface area contributed by atoms with Crippen molar-refractivity contribution in [2.75, 3.05) is 7.11 Å². The van der Waals surface area contributed by atoms with Crippen LogP contribution in [0.15, 0.2) is 0 Å². The quantitative estimate of drug-likeness (QED) is 0.615. The number of carbonyl (C=O) groups is 2. The first kappa shape index (κ1) is 16.0. The first-order chi connectivity index (χ1) is 8.74. The van der Waals surface area contributed by atoms with Gasteiger partial charge in [-0.15, -0.1) is 0 Å². The van der Waals surface area contributed by atoms with Crippen molar-refractivity contribution in [3.8, 4) is 0 Å². The summed E-state index contributed by atoms with van der Waals surface area (Å²) in [6, 6.07) is 0. The van der Waals surface area contributed by atoms with Gasteiger partial charge in [-0.3, -0.25) is 9.59 Å². The Morgan fingerprint density at radius 3 is 2.05 bits per heavy atom. The van der Waals surface area contributed by atoms with Crippen LogP contribution in [-0.4, -0.2) is 24.2 Å². The summed E-state index contributed by atoms with van der Waals surface area (Å²) in [5.41, 5.74) is -1.34. The van der Waals surface area contributed by atoms with E-state index in [9.17, 15) is 14.7 Å². The van der Waals surface area contributed by atoms with Crippen LogP contribution in [0.2, 0.25) is 0 Å². The molecule has 4 nitrogen and oxygen atoms in total. The molecule has 1 fully saturated rings. The largest absolute Gasteiger partial charge is 0.480 e. The summed E-state index contributed by atoms with van der Waals surface area (Å²) >= 11 is 0. The molecular weight excluding hydrogens is 244 g/mol. The molecule has 0 aromatic carbocycles. The van der Waals surface area contributed by atoms with Crippen molar-refractivity contribution in [2.24, 2.45) is 16.7 Å². The van der Waals surface area contributed by atoms with Gasteiger partial charge >= 0.3 is 11.9 Å². The Morgan fingerprint density at radius 2 is 1.68 bits per heavy atom. The minimum absolute atomic E-state index is 0.00727. The Morgan fingerprint density at radius 1 is 1.16 bits per heavy atom. The Labute approximate surface area is 115 Å². The number of carbonyl (C=O) groups excluding carboxylic acids is 1. The van der Waals surface area contributed by atoms with Gasteiger partial charge in [0.1, 0.15) is 0 Å². The van der Waals surface area contributed by atoms with Gasteiger partial charge in [0.25, 0.3) is 0 Å². The number of aliphatic carboxylic acids is 1. The number of carboxylic acids is 1. The molecule has 110 valence electrons. The fraction of sp³-hybridized carbons (Fsp3) is 0.867. The van der Waals surface area contributed by atoms with Gasteiger partial charge in [0.05, 0.1) is 7.11 Å². The minimum Gasteiger partial charge on any atom is -0.480 e. The Balaban J connectivity index is 3.04. The summed E-state index contributed by atoms with van der Waals surface area (Å²) in [6.07, 6.45) is 4.70. The van der Waals surface area contributed by atoms with Crippen molar-refractivity contribution in [1.29, 1.82) is 0 Å². The predicted molar refractivity (Wildman–Crippen MR) is 72.7 cm³/mol. The molecule has 0 radical (unpaired) electrons. The summed E-state index contributed by atoms with van der Waals surface area (Å²) in [5, 5.41) is 9.68. The first-order valence-corrected chi connectivity index (χ1v) is 7.06. The average Bonchev–Trinajstić information content (AvgIpc) is 2.81. The molecular formula is C15H26O4. The molecule has 0 saturated heterocycles. The third-order valence-electron chi connectivity index (χ3n) is 4.25. The predicted octanol–water partition coefficient (Wildman–Crippen LogP) is 3.25. The molecule has 0 aromatic rings. The summed E-state index contributed by atoms with van der Waals surface area (Å²) < 4.78 is 4.83. The van der Waals surface area contributed by atoms with Crippen LogP contribution in [0.3, 0.4) is 0 Å². The van der Waals surface area contributed by atoms with Crippen LogP contribution in [-0.2, 0) is 14.3 Å². The molecule has 0 amide bonds. The van der Waals surface area contributed by atoms with E-state index in [1.165, 1.54) is 7.11 Å². The van der Waals surface area contributed by atoms with E-state index >= 15 is 0 Å². The maximum atomic E-state index is 12.2. The van der Waals surface area contributed by atoms with E-state index in [2.05, 4.69) is 20.8 Å². The summed E-state index contributed by atoms with van der Waals surface area (Å²) in [5.74, 6) is -1.67. The second-order valence-corrected chi connectivity index (χ2v) is 6.81. The van der Waals surface area contributed by atoms with Gasteiger partial charge in [0.2, 0.25) is 0 Å². The lowest BCUT2D eigenvalue weighted by Gasteiger charge is -2.34. The highest BCUT2D eigenvalue weighted by atomic mass is 16.5. The van der Waals surface area contributed by atoms with Crippen molar-refractivity contribution >= 4 is 11.9 Å².